The average molecular weight is 161 g/mol. The Morgan fingerprint density at radius 1 is 1.33 bits per heavy atom. The van der Waals surface area contributed by atoms with Gasteiger partial charge in [0, 0.05) is 11.3 Å². The fraction of sp³-hybridized carbons (Fsp3) is 0.273. The molecule has 0 aliphatic carbocycles. The van der Waals surface area contributed by atoms with Gasteiger partial charge in [0.15, 0.2) is 0 Å². The molecule has 0 atom stereocenters. The largest absolute Gasteiger partial charge is 0.398 e. The Labute approximate surface area is 73.9 Å². The normalized spacial score (nSPS) is 10.2. The van der Waals surface area contributed by atoms with Gasteiger partial charge in [0.2, 0.25) is 0 Å². The predicted octanol–water partition coefficient (Wildman–Crippen LogP) is 2.94. The third kappa shape index (κ3) is 1.67. The molecular formula is C11H15N. The van der Waals surface area contributed by atoms with Crippen molar-refractivity contribution in [1.29, 1.82) is 0 Å². The molecule has 1 aromatic rings. The zero-order chi connectivity index (χ0) is 9.14. The highest BCUT2D eigenvalue weighted by Gasteiger charge is 2.05. The highest BCUT2D eigenvalue weighted by molar-refractivity contribution is 5.74. The molecule has 1 aromatic carbocycles. The van der Waals surface area contributed by atoms with Crippen LogP contribution in [0.1, 0.15) is 19.4 Å². The Hall–Kier alpha value is -1.24. The van der Waals surface area contributed by atoms with Crippen LogP contribution in [0.15, 0.2) is 30.8 Å². The third-order valence-corrected chi connectivity index (χ3v) is 2.00. The summed E-state index contributed by atoms with van der Waals surface area (Å²) in [5, 5.41) is 0. The SMILES string of the molecule is C=C(c1ccccc1N)C(C)C. The molecule has 0 radical (unpaired) electrons. The van der Waals surface area contributed by atoms with Crippen LogP contribution >= 0.6 is 0 Å². The monoisotopic (exact) mass is 161 g/mol. The van der Waals surface area contributed by atoms with Gasteiger partial charge in [-0.05, 0) is 17.6 Å². The van der Waals surface area contributed by atoms with Crippen molar-refractivity contribution in [2.45, 2.75) is 13.8 Å². The summed E-state index contributed by atoms with van der Waals surface area (Å²) >= 11 is 0. The molecule has 0 aromatic heterocycles. The number of anilines is 1. The van der Waals surface area contributed by atoms with E-state index < -0.39 is 0 Å². The van der Waals surface area contributed by atoms with Crippen molar-refractivity contribution in [3.63, 3.8) is 0 Å². The van der Waals surface area contributed by atoms with Crippen LogP contribution in [0.5, 0.6) is 0 Å². The van der Waals surface area contributed by atoms with Gasteiger partial charge < -0.3 is 5.73 Å². The molecule has 0 saturated heterocycles. The molecule has 0 heterocycles. The predicted molar refractivity (Wildman–Crippen MR) is 54.7 cm³/mol. The van der Waals surface area contributed by atoms with Crippen molar-refractivity contribution < 1.29 is 0 Å². The molecule has 1 rings (SSSR count). The number of hydrogen-bond acceptors (Lipinski definition) is 1. The topological polar surface area (TPSA) is 26.0 Å². The lowest BCUT2D eigenvalue weighted by molar-refractivity contribution is 0.858. The van der Waals surface area contributed by atoms with Crippen molar-refractivity contribution in [3.05, 3.63) is 36.4 Å². The number of benzene rings is 1. The van der Waals surface area contributed by atoms with Gasteiger partial charge in [-0.2, -0.15) is 0 Å². The van der Waals surface area contributed by atoms with Crippen molar-refractivity contribution in [2.75, 3.05) is 5.73 Å². The minimum Gasteiger partial charge on any atom is -0.398 e. The second-order valence-electron chi connectivity index (χ2n) is 3.27. The minimum atomic E-state index is 0.453. The van der Waals surface area contributed by atoms with Gasteiger partial charge in [-0.1, -0.05) is 38.6 Å². The molecule has 1 heteroatoms. The summed E-state index contributed by atoms with van der Waals surface area (Å²) in [5.74, 6) is 0.453. The lowest BCUT2D eigenvalue weighted by Crippen LogP contribution is -1.96. The zero-order valence-electron chi connectivity index (χ0n) is 7.67. The maximum Gasteiger partial charge on any atom is 0.0390 e. The van der Waals surface area contributed by atoms with Crippen molar-refractivity contribution >= 4 is 11.3 Å². The van der Waals surface area contributed by atoms with Crippen LogP contribution in [0.2, 0.25) is 0 Å². The number of nitrogens with two attached hydrogens (primary N) is 1. The fourth-order valence-corrected chi connectivity index (χ4v) is 1.10. The highest BCUT2D eigenvalue weighted by atomic mass is 14.6. The first-order chi connectivity index (χ1) is 5.63. The van der Waals surface area contributed by atoms with Crippen LogP contribution in [-0.4, -0.2) is 0 Å². The molecule has 0 aliphatic rings. The molecule has 0 saturated carbocycles. The van der Waals surface area contributed by atoms with Gasteiger partial charge in [0.1, 0.15) is 0 Å². The summed E-state index contributed by atoms with van der Waals surface area (Å²) < 4.78 is 0. The quantitative estimate of drug-likeness (QED) is 0.663. The number of rotatable bonds is 2. The van der Waals surface area contributed by atoms with E-state index in [2.05, 4.69) is 20.4 Å². The number of allylic oxidation sites excluding steroid dienone is 1. The van der Waals surface area contributed by atoms with E-state index >= 15 is 0 Å². The molecule has 0 unspecified atom stereocenters. The molecule has 0 spiro atoms. The Bertz CT molecular complexity index is 287. The van der Waals surface area contributed by atoms with E-state index in [-0.39, 0.29) is 0 Å². The Balaban J connectivity index is 3.03. The maximum absolute atomic E-state index is 5.80. The molecule has 0 bridgehead atoms. The van der Waals surface area contributed by atoms with Gasteiger partial charge in [-0.3, -0.25) is 0 Å². The fourth-order valence-electron chi connectivity index (χ4n) is 1.10. The molecule has 1 nitrogen and oxygen atoms in total. The first-order valence-corrected chi connectivity index (χ1v) is 4.16. The van der Waals surface area contributed by atoms with Gasteiger partial charge in [0.25, 0.3) is 0 Å². The van der Waals surface area contributed by atoms with Gasteiger partial charge in [-0.25, -0.2) is 0 Å². The van der Waals surface area contributed by atoms with E-state index in [0.29, 0.717) is 5.92 Å². The first kappa shape index (κ1) is 8.85. The van der Waals surface area contributed by atoms with Crippen molar-refractivity contribution in [1.82, 2.24) is 0 Å². The van der Waals surface area contributed by atoms with Gasteiger partial charge in [0.05, 0.1) is 0 Å². The zero-order valence-corrected chi connectivity index (χ0v) is 7.67. The van der Waals surface area contributed by atoms with E-state index in [9.17, 15) is 0 Å². The average Bonchev–Trinajstić information content (AvgIpc) is 2.04. The summed E-state index contributed by atoms with van der Waals surface area (Å²) in [7, 11) is 0. The summed E-state index contributed by atoms with van der Waals surface area (Å²) in [5.41, 5.74) is 8.80. The lowest BCUT2D eigenvalue weighted by atomic mass is 9.96. The van der Waals surface area contributed by atoms with Crippen molar-refractivity contribution in [3.8, 4) is 0 Å². The van der Waals surface area contributed by atoms with Gasteiger partial charge >= 0.3 is 0 Å². The second-order valence-corrected chi connectivity index (χ2v) is 3.27. The molecular weight excluding hydrogens is 146 g/mol. The molecule has 0 amide bonds. The standard InChI is InChI=1S/C11H15N/c1-8(2)9(3)10-6-4-5-7-11(10)12/h4-8H,3,12H2,1-2H3. The van der Waals surface area contributed by atoms with Crippen LogP contribution in [-0.2, 0) is 0 Å². The van der Waals surface area contributed by atoms with Crippen LogP contribution in [0, 0.1) is 5.92 Å². The number of hydrogen-bond donors (Lipinski definition) is 1. The summed E-state index contributed by atoms with van der Waals surface area (Å²) in [6.45, 7) is 8.24. The van der Waals surface area contributed by atoms with E-state index in [1.165, 1.54) is 0 Å². The van der Waals surface area contributed by atoms with Gasteiger partial charge in [-0.15, -0.1) is 0 Å². The summed E-state index contributed by atoms with van der Waals surface area (Å²) in [4.78, 5) is 0. The lowest BCUT2D eigenvalue weighted by Gasteiger charge is -2.11. The van der Waals surface area contributed by atoms with Crippen LogP contribution in [0.3, 0.4) is 0 Å². The number of para-hydroxylation sites is 1. The smallest absolute Gasteiger partial charge is 0.0390 e. The Kier molecular flexibility index (Phi) is 2.54. The van der Waals surface area contributed by atoms with E-state index in [0.717, 1.165) is 16.8 Å². The Morgan fingerprint density at radius 2 is 1.92 bits per heavy atom. The molecule has 2 N–H and O–H groups in total. The van der Waals surface area contributed by atoms with Crippen LogP contribution in [0.4, 0.5) is 5.69 Å². The van der Waals surface area contributed by atoms with Crippen molar-refractivity contribution in [2.24, 2.45) is 5.92 Å². The van der Waals surface area contributed by atoms with Crippen LogP contribution < -0.4 is 5.73 Å². The van der Waals surface area contributed by atoms with E-state index in [1.807, 2.05) is 24.3 Å². The molecule has 0 fully saturated rings. The minimum absolute atomic E-state index is 0.453. The molecule has 0 aliphatic heterocycles. The summed E-state index contributed by atoms with van der Waals surface area (Å²) in [6, 6.07) is 7.84. The second kappa shape index (κ2) is 3.44. The van der Waals surface area contributed by atoms with E-state index in [1.54, 1.807) is 0 Å². The maximum atomic E-state index is 5.80. The third-order valence-electron chi connectivity index (χ3n) is 2.00. The highest BCUT2D eigenvalue weighted by Crippen LogP contribution is 2.25. The van der Waals surface area contributed by atoms with E-state index in [4.69, 9.17) is 5.73 Å². The van der Waals surface area contributed by atoms with Crippen LogP contribution in [0.25, 0.3) is 5.57 Å². The number of nitrogen functional groups attached to an aromatic ring is 1. The summed E-state index contributed by atoms with van der Waals surface area (Å²) in [6.07, 6.45) is 0. The first-order valence-electron chi connectivity index (χ1n) is 4.16. The molecule has 64 valence electrons. The molecule has 12 heavy (non-hydrogen) atoms. The Morgan fingerprint density at radius 3 is 2.42 bits per heavy atom.